The van der Waals surface area contributed by atoms with Crippen LogP contribution in [0.25, 0.3) is 0 Å². The minimum absolute atomic E-state index is 0.000668. The number of aromatic nitrogens is 2. The van der Waals surface area contributed by atoms with E-state index in [1.54, 1.807) is 10.6 Å². The van der Waals surface area contributed by atoms with Gasteiger partial charge in [0.2, 0.25) is 11.7 Å². The molecule has 8 heteroatoms. The van der Waals surface area contributed by atoms with E-state index in [1.807, 2.05) is 32.9 Å². The predicted octanol–water partition coefficient (Wildman–Crippen LogP) is 4.42. The monoisotopic (exact) mass is 415 g/mol. The van der Waals surface area contributed by atoms with Gasteiger partial charge in [-0.05, 0) is 50.1 Å². The van der Waals surface area contributed by atoms with Gasteiger partial charge in [-0.15, -0.1) is 0 Å². The van der Waals surface area contributed by atoms with E-state index in [1.165, 1.54) is 25.4 Å². The number of rotatable bonds is 7. The van der Waals surface area contributed by atoms with Crippen LogP contribution < -0.4 is 20.3 Å². The fourth-order valence-corrected chi connectivity index (χ4v) is 2.93. The molecule has 158 valence electrons. The Morgan fingerprint density at radius 3 is 2.47 bits per heavy atom. The summed E-state index contributed by atoms with van der Waals surface area (Å²) in [6.07, 6.45) is 1.45. The van der Waals surface area contributed by atoms with Gasteiger partial charge in [-0.1, -0.05) is 6.07 Å². The first-order valence-corrected chi connectivity index (χ1v) is 9.40. The molecule has 6 nitrogen and oxygen atoms in total. The van der Waals surface area contributed by atoms with E-state index < -0.39 is 17.2 Å². The first-order valence-electron chi connectivity index (χ1n) is 9.40. The molecule has 0 unspecified atom stereocenters. The van der Waals surface area contributed by atoms with Crippen molar-refractivity contribution in [3.8, 4) is 11.5 Å². The normalized spacial score (nSPS) is 10.9. The summed E-state index contributed by atoms with van der Waals surface area (Å²) in [7, 11) is 1.36. The SMILES string of the molecule is COc1cn(Cc2cc(F)cc(F)c2)c(Nc2cc(OC(C)C)ccc2C)nc1=O. The third-order valence-electron chi connectivity index (χ3n) is 4.29. The molecule has 30 heavy (non-hydrogen) atoms. The summed E-state index contributed by atoms with van der Waals surface area (Å²) in [5.41, 5.74) is 1.40. The molecule has 3 rings (SSSR count). The third-order valence-corrected chi connectivity index (χ3v) is 4.29. The minimum atomic E-state index is -0.685. The van der Waals surface area contributed by atoms with Crippen molar-refractivity contribution in [2.75, 3.05) is 12.4 Å². The van der Waals surface area contributed by atoms with Gasteiger partial charge >= 0.3 is 5.56 Å². The number of benzene rings is 2. The molecule has 3 aromatic rings. The minimum Gasteiger partial charge on any atom is -0.491 e. The molecule has 2 aromatic carbocycles. The Bertz CT molecular complexity index is 1090. The van der Waals surface area contributed by atoms with Crippen LogP contribution in [0, 0.1) is 18.6 Å². The van der Waals surface area contributed by atoms with Crippen molar-refractivity contribution in [2.24, 2.45) is 0 Å². The fourth-order valence-electron chi connectivity index (χ4n) is 2.93. The van der Waals surface area contributed by atoms with Crippen LogP contribution in [0.1, 0.15) is 25.0 Å². The van der Waals surface area contributed by atoms with Crippen LogP contribution in [0.4, 0.5) is 20.4 Å². The van der Waals surface area contributed by atoms with Crippen molar-refractivity contribution in [1.82, 2.24) is 9.55 Å². The maximum Gasteiger partial charge on any atom is 0.316 e. The molecular formula is C22H23F2N3O3. The number of halogens is 2. The molecule has 0 radical (unpaired) electrons. The molecule has 1 N–H and O–H groups in total. The summed E-state index contributed by atoms with van der Waals surface area (Å²) < 4.78 is 39.6. The van der Waals surface area contributed by atoms with Crippen molar-refractivity contribution < 1.29 is 18.3 Å². The molecule has 0 aliphatic heterocycles. The van der Waals surface area contributed by atoms with Gasteiger partial charge in [0.25, 0.3) is 0 Å². The number of nitrogens with one attached hydrogen (secondary N) is 1. The lowest BCUT2D eigenvalue weighted by atomic mass is 10.2. The summed E-state index contributed by atoms with van der Waals surface area (Å²) in [6.45, 7) is 5.82. The maximum absolute atomic E-state index is 13.6. The second kappa shape index (κ2) is 8.94. The summed E-state index contributed by atoms with van der Waals surface area (Å²) in [5.74, 6) is -0.487. The molecular weight excluding hydrogens is 392 g/mol. The quantitative estimate of drug-likeness (QED) is 0.619. The molecule has 0 saturated heterocycles. The van der Waals surface area contributed by atoms with Crippen molar-refractivity contribution in [3.63, 3.8) is 0 Å². The van der Waals surface area contributed by atoms with Crippen molar-refractivity contribution >= 4 is 11.6 Å². The molecule has 1 heterocycles. The van der Waals surface area contributed by atoms with Crippen molar-refractivity contribution in [1.29, 1.82) is 0 Å². The van der Waals surface area contributed by atoms with Gasteiger partial charge < -0.3 is 19.4 Å². The first-order chi connectivity index (χ1) is 14.2. The third kappa shape index (κ3) is 5.14. The number of ether oxygens (including phenoxy) is 2. The van der Waals surface area contributed by atoms with Gasteiger partial charge in [0, 0.05) is 17.8 Å². The summed E-state index contributed by atoms with van der Waals surface area (Å²) in [5, 5.41) is 3.12. The number of hydrogen-bond donors (Lipinski definition) is 1. The molecule has 0 atom stereocenters. The molecule has 0 spiro atoms. The van der Waals surface area contributed by atoms with Crippen molar-refractivity contribution in [3.05, 3.63) is 75.7 Å². The highest BCUT2D eigenvalue weighted by molar-refractivity contribution is 5.61. The Labute approximate surface area is 173 Å². The first kappa shape index (κ1) is 21.3. The van der Waals surface area contributed by atoms with E-state index in [9.17, 15) is 13.6 Å². The lowest BCUT2D eigenvalue weighted by Gasteiger charge is -2.18. The smallest absolute Gasteiger partial charge is 0.316 e. The zero-order valence-corrected chi connectivity index (χ0v) is 17.2. The van der Waals surface area contributed by atoms with Crippen LogP contribution in [0.2, 0.25) is 0 Å². The average Bonchev–Trinajstić information content (AvgIpc) is 2.65. The van der Waals surface area contributed by atoms with Crippen LogP contribution in [-0.4, -0.2) is 22.8 Å². The Kier molecular flexibility index (Phi) is 6.34. The highest BCUT2D eigenvalue weighted by Gasteiger charge is 2.13. The van der Waals surface area contributed by atoms with Gasteiger partial charge in [0.05, 0.1) is 26.0 Å². The van der Waals surface area contributed by atoms with E-state index in [0.717, 1.165) is 11.6 Å². The van der Waals surface area contributed by atoms with E-state index in [-0.39, 0.29) is 24.3 Å². The van der Waals surface area contributed by atoms with Crippen LogP contribution in [0.5, 0.6) is 11.5 Å². The highest BCUT2D eigenvalue weighted by atomic mass is 19.1. The summed E-state index contributed by atoms with van der Waals surface area (Å²) in [6, 6.07) is 8.78. The topological polar surface area (TPSA) is 65.4 Å². The van der Waals surface area contributed by atoms with Crippen LogP contribution in [-0.2, 0) is 6.54 Å². The Hall–Kier alpha value is -3.42. The van der Waals surface area contributed by atoms with Gasteiger partial charge in [-0.2, -0.15) is 4.98 Å². The number of methoxy groups -OCH3 is 1. The zero-order valence-electron chi connectivity index (χ0n) is 17.2. The largest absolute Gasteiger partial charge is 0.491 e. The van der Waals surface area contributed by atoms with E-state index in [0.29, 0.717) is 17.0 Å². The number of aryl methyl sites for hydroxylation is 1. The molecule has 1 aromatic heterocycles. The van der Waals surface area contributed by atoms with Crippen molar-refractivity contribution in [2.45, 2.75) is 33.4 Å². The predicted molar refractivity (Wildman–Crippen MR) is 111 cm³/mol. The summed E-state index contributed by atoms with van der Waals surface area (Å²) in [4.78, 5) is 16.3. The van der Waals surface area contributed by atoms with Gasteiger partial charge in [-0.25, -0.2) is 8.78 Å². The lowest BCUT2D eigenvalue weighted by molar-refractivity contribution is 0.242. The molecule has 0 aliphatic carbocycles. The summed E-state index contributed by atoms with van der Waals surface area (Å²) >= 11 is 0. The maximum atomic E-state index is 13.6. The molecule has 0 fully saturated rings. The number of hydrogen-bond acceptors (Lipinski definition) is 5. The molecule has 0 bridgehead atoms. The number of nitrogens with zero attached hydrogens (tertiary/aromatic N) is 2. The number of anilines is 2. The van der Waals surface area contributed by atoms with E-state index in [2.05, 4.69) is 10.3 Å². The second-order valence-corrected chi connectivity index (χ2v) is 7.11. The van der Waals surface area contributed by atoms with E-state index in [4.69, 9.17) is 9.47 Å². The van der Waals surface area contributed by atoms with Gasteiger partial charge in [-0.3, -0.25) is 4.79 Å². The second-order valence-electron chi connectivity index (χ2n) is 7.11. The van der Waals surface area contributed by atoms with Crippen LogP contribution in [0.15, 0.2) is 47.4 Å². The highest BCUT2D eigenvalue weighted by Crippen LogP contribution is 2.26. The van der Waals surface area contributed by atoms with E-state index >= 15 is 0 Å². The van der Waals surface area contributed by atoms with Gasteiger partial charge in [0.15, 0.2) is 0 Å². The average molecular weight is 415 g/mol. The van der Waals surface area contributed by atoms with Gasteiger partial charge in [0.1, 0.15) is 17.4 Å². The Balaban J connectivity index is 2.02. The fraction of sp³-hybridized carbons (Fsp3) is 0.273. The Morgan fingerprint density at radius 2 is 1.83 bits per heavy atom. The molecule has 0 aliphatic rings. The van der Waals surface area contributed by atoms with Crippen LogP contribution in [0.3, 0.4) is 0 Å². The Morgan fingerprint density at radius 1 is 1.13 bits per heavy atom. The lowest BCUT2D eigenvalue weighted by Crippen LogP contribution is -2.19. The molecule has 0 saturated carbocycles. The zero-order chi connectivity index (χ0) is 21.8. The standard InChI is InChI=1S/C22H23F2N3O3/c1-13(2)30-18-6-5-14(3)19(10-18)25-22-26-21(28)20(29-4)12-27(22)11-15-7-16(23)9-17(24)8-15/h5-10,12-13H,11H2,1-4H3,(H,25,26,28). The molecule has 0 amide bonds. The van der Waals surface area contributed by atoms with Crippen LogP contribution >= 0.6 is 0 Å².